The molecule has 7 heteroatoms. The molecule has 174 valence electrons. The first kappa shape index (κ1) is 23.8. The number of thiophene rings is 1. The van der Waals surface area contributed by atoms with Gasteiger partial charge in [0, 0.05) is 21.4 Å². The van der Waals surface area contributed by atoms with Gasteiger partial charge in [-0.2, -0.15) is 5.26 Å². The number of thioether (sulfide) groups is 1. The lowest BCUT2D eigenvalue weighted by Gasteiger charge is -2.33. The number of carbonyl (C=O) groups excluding carboxylic acids is 2. The first-order valence-electron chi connectivity index (χ1n) is 11.6. The van der Waals surface area contributed by atoms with Crippen molar-refractivity contribution in [2.45, 2.75) is 69.9 Å². The maximum absolute atomic E-state index is 13.0. The van der Waals surface area contributed by atoms with Gasteiger partial charge in [-0.05, 0) is 74.1 Å². The lowest BCUT2D eigenvalue weighted by molar-refractivity contribution is -0.117. The van der Waals surface area contributed by atoms with E-state index < -0.39 is 0 Å². The summed E-state index contributed by atoms with van der Waals surface area (Å²) < 4.78 is 0. The minimum absolute atomic E-state index is 0.0716. The van der Waals surface area contributed by atoms with E-state index in [1.54, 1.807) is 11.3 Å². The number of nitrogens with zero attached hydrogens (tertiary/aromatic N) is 1. The third kappa shape index (κ3) is 5.62. The Morgan fingerprint density at radius 3 is 2.64 bits per heavy atom. The SMILES string of the molecule is CC(Sc1cccc(NC(=O)C2CC2)c1)C(=O)Nc1sc2c(c1C#N)CCC(C(C)(C)C)C2. The van der Waals surface area contributed by atoms with Gasteiger partial charge in [0.25, 0.3) is 0 Å². The zero-order valence-electron chi connectivity index (χ0n) is 19.7. The van der Waals surface area contributed by atoms with Gasteiger partial charge in [-0.1, -0.05) is 26.8 Å². The van der Waals surface area contributed by atoms with Crippen LogP contribution < -0.4 is 10.6 Å². The van der Waals surface area contributed by atoms with Crippen LogP contribution in [0.1, 0.15) is 63.0 Å². The van der Waals surface area contributed by atoms with Crippen molar-refractivity contribution in [3.63, 3.8) is 0 Å². The largest absolute Gasteiger partial charge is 0.326 e. The highest BCUT2D eigenvalue weighted by Crippen LogP contribution is 2.44. The number of fused-ring (bicyclic) bond motifs is 1. The van der Waals surface area contributed by atoms with Crippen molar-refractivity contribution in [1.29, 1.82) is 5.26 Å². The maximum atomic E-state index is 13.0. The van der Waals surface area contributed by atoms with Crippen LogP contribution in [-0.4, -0.2) is 17.1 Å². The molecule has 1 aromatic heterocycles. The van der Waals surface area contributed by atoms with Crippen LogP contribution in [0.3, 0.4) is 0 Å². The van der Waals surface area contributed by atoms with Gasteiger partial charge in [0.1, 0.15) is 11.1 Å². The number of anilines is 2. The molecule has 0 saturated heterocycles. The summed E-state index contributed by atoms with van der Waals surface area (Å²) in [4.78, 5) is 27.2. The molecule has 2 aliphatic carbocycles. The molecule has 1 fully saturated rings. The van der Waals surface area contributed by atoms with Gasteiger partial charge >= 0.3 is 0 Å². The van der Waals surface area contributed by atoms with Gasteiger partial charge < -0.3 is 10.6 Å². The number of benzene rings is 1. The third-order valence-electron chi connectivity index (χ3n) is 6.57. The fraction of sp³-hybridized carbons (Fsp3) is 0.500. The van der Waals surface area contributed by atoms with Crippen LogP contribution in [0.25, 0.3) is 0 Å². The number of nitriles is 1. The Hall–Kier alpha value is -2.30. The highest BCUT2D eigenvalue weighted by atomic mass is 32.2. The Balaban J connectivity index is 1.42. The number of hydrogen-bond acceptors (Lipinski definition) is 5. The molecule has 2 aromatic rings. The van der Waals surface area contributed by atoms with Crippen molar-refractivity contribution < 1.29 is 9.59 Å². The maximum Gasteiger partial charge on any atom is 0.238 e. The van der Waals surface area contributed by atoms with Gasteiger partial charge in [-0.3, -0.25) is 9.59 Å². The van der Waals surface area contributed by atoms with E-state index in [-0.39, 0.29) is 28.4 Å². The number of nitrogens with one attached hydrogen (secondary N) is 2. The Kier molecular flexibility index (Phi) is 6.88. The molecule has 33 heavy (non-hydrogen) atoms. The Labute approximate surface area is 204 Å². The number of amides is 2. The molecule has 0 bridgehead atoms. The second-order valence-corrected chi connectivity index (χ2v) is 12.7. The fourth-order valence-corrected chi connectivity index (χ4v) is 6.45. The van der Waals surface area contributed by atoms with Crippen LogP contribution in [-0.2, 0) is 22.4 Å². The summed E-state index contributed by atoms with van der Waals surface area (Å²) in [5.41, 5.74) is 2.75. The van der Waals surface area contributed by atoms with E-state index in [0.29, 0.717) is 16.5 Å². The first-order chi connectivity index (χ1) is 15.7. The van der Waals surface area contributed by atoms with Gasteiger partial charge in [0.05, 0.1) is 10.8 Å². The summed E-state index contributed by atoms with van der Waals surface area (Å²) in [5, 5.41) is 16.1. The van der Waals surface area contributed by atoms with Crippen molar-refractivity contribution in [1.82, 2.24) is 0 Å². The third-order valence-corrected chi connectivity index (χ3v) is 8.83. The molecule has 2 aliphatic rings. The molecule has 0 aliphatic heterocycles. The molecule has 2 amide bonds. The summed E-state index contributed by atoms with van der Waals surface area (Å²) in [5.74, 6) is 0.689. The minimum atomic E-state index is -0.340. The van der Waals surface area contributed by atoms with E-state index in [4.69, 9.17) is 0 Å². The number of hydrogen-bond donors (Lipinski definition) is 2. The van der Waals surface area contributed by atoms with Crippen LogP contribution >= 0.6 is 23.1 Å². The normalized spacial score (nSPS) is 18.7. The molecule has 1 heterocycles. The molecular formula is C26H31N3O2S2. The average molecular weight is 482 g/mol. The molecule has 0 spiro atoms. The summed E-state index contributed by atoms with van der Waals surface area (Å²) in [6, 6.07) is 9.95. The smallest absolute Gasteiger partial charge is 0.238 e. The van der Waals surface area contributed by atoms with Crippen molar-refractivity contribution in [2.75, 3.05) is 10.6 Å². The predicted octanol–water partition coefficient (Wildman–Crippen LogP) is 6.24. The predicted molar refractivity (Wildman–Crippen MR) is 136 cm³/mol. The van der Waals surface area contributed by atoms with Crippen LogP contribution in [0.5, 0.6) is 0 Å². The van der Waals surface area contributed by atoms with Crippen molar-refractivity contribution in [3.05, 3.63) is 40.3 Å². The van der Waals surface area contributed by atoms with Gasteiger partial charge in [-0.15, -0.1) is 23.1 Å². The molecule has 2 N–H and O–H groups in total. The van der Waals surface area contributed by atoms with Crippen LogP contribution in [0.15, 0.2) is 29.2 Å². The quantitative estimate of drug-likeness (QED) is 0.479. The topological polar surface area (TPSA) is 82.0 Å². The van der Waals surface area contributed by atoms with Crippen LogP contribution in [0.4, 0.5) is 10.7 Å². The van der Waals surface area contributed by atoms with Crippen LogP contribution in [0, 0.1) is 28.6 Å². The van der Waals surface area contributed by atoms with Crippen molar-refractivity contribution in [3.8, 4) is 6.07 Å². The van der Waals surface area contributed by atoms with Gasteiger partial charge in [-0.25, -0.2) is 0 Å². The molecular weight excluding hydrogens is 450 g/mol. The van der Waals surface area contributed by atoms with Crippen molar-refractivity contribution >= 4 is 45.6 Å². The van der Waals surface area contributed by atoms with E-state index in [1.807, 2.05) is 31.2 Å². The van der Waals surface area contributed by atoms with E-state index in [9.17, 15) is 14.9 Å². The van der Waals surface area contributed by atoms with Crippen LogP contribution in [0.2, 0.25) is 0 Å². The zero-order chi connectivity index (χ0) is 23.8. The second kappa shape index (κ2) is 9.52. The Bertz CT molecular complexity index is 1110. The average Bonchev–Trinajstić information content (AvgIpc) is 3.55. The highest BCUT2D eigenvalue weighted by Gasteiger charge is 2.33. The van der Waals surface area contributed by atoms with E-state index in [2.05, 4.69) is 37.5 Å². The number of carbonyl (C=O) groups is 2. The Morgan fingerprint density at radius 2 is 1.97 bits per heavy atom. The lowest BCUT2D eigenvalue weighted by Crippen LogP contribution is -2.26. The molecule has 1 aromatic carbocycles. The summed E-state index contributed by atoms with van der Waals surface area (Å²) in [6.45, 7) is 8.69. The Morgan fingerprint density at radius 1 is 1.21 bits per heavy atom. The second-order valence-electron chi connectivity index (χ2n) is 10.2. The first-order valence-corrected chi connectivity index (χ1v) is 13.3. The molecule has 2 unspecified atom stereocenters. The molecule has 0 radical (unpaired) electrons. The van der Waals surface area contributed by atoms with Crippen molar-refractivity contribution in [2.24, 2.45) is 17.3 Å². The zero-order valence-corrected chi connectivity index (χ0v) is 21.3. The monoisotopic (exact) mass is 481 g/mol. The number of rotatable bonds is 6. The molecule has 1 saturated carbocycles. The minimum Gasteiger partial charge on any atom is -0.326 e. The lowest BCUT2D eigenvalue weighted by atomic mass is 9.72. The molecule has 4 rings (SSSR count). The fourth-order valence-electron chi connectivity index (χ4n) is 4.24. The van der Waals surface area contributed by atoms with E-state index in [1.165, 1.54) is 16.6 Å². The van der Waals surface area contributed by atoms with Gasteiger partial charge in [0.2, 0.25) is 11.8 Å². The standard InChI is InChI=1S/C26H31N3O2S2/c1-15(32-19-7-5-6-18(13-19)28-24(31)16-8-9-16)23(30)29-25-21(14-27)20-11-10-17(26(2,3)4)12-22(20)33-25/h5-7,13,15-17H,8-12H2,1-4H3,(H,28,31)(H,29,30). The summed E-state index contributed by atoms with van der Waals surface area (Å²) in [6.07, 6.45) is 4.87. The van der Waals surface area contributed by atoms with E-state index in [0.717, 1.165) is 48.3 Å². The highest BCUT2D eigenvalue weighted by molar-refractivity contribution is 8.00. The summed E-state index contributed by atoms with van der Waals surface area (Å²) >= 11 is 3.01. The molecule has 2 atom stereocenters. The molecule has 5 nitrogen and oxygen atoms in total. The van der Waals surface area contributed by atoms with Gasteiger partial charge in [0.15, 0.2) is 0 Å². The van der Waals surface area contributed by atoms with E-state index >= 15 is 0 Å². The summed E-state index contributed by atoms with van der Waals surface area (Å²) in [7, 11) is 0.